The number of hydrogen-bond acceptors (Lipinski definition) is 3. The molecule has 3 aromatic rings. The van der Waals surface area contributed by atoms with Crippen molar-refractivity contribution < 1.29 is 27.1 Å². The molecule has 1 heterocycles. The Morgan fingerprint density at radius 3 is 2.54 bits per heavy atom. The standard InChI is InChI=1S/C19H15F4N3O2/c1-2-26-11-16(17(27)24-14-8-6-13(20)7-9-14)18(25-26)28-15-5-3-4-12(10-15)19(21,22)23/h3-11H,2H2,1H3,(H,24,27). The molecule has 146 valence electrons. The Kier molecular flexibility index (Phi) is 5.34. The molecule has 0 saturated heterocycles. The topological polar surface area (TPSA) is 56.2 Å². The van der Waals surface area contributed by atoms with Crippen LogP contribution < -0.4 is 10.1 Å². The Morgan fingerprint density at radius 2 is 1.89 bits per heavy atom. The van der Waals surface area contributed by atoms with Gasteiger partial charge in [-0.15, -0.1) is 5.10 Å². The van der Waals surface area contributed by atoms with Crippen LogP contribution in [0.15, 0.2) is 54.7 Å². The summed E-state index contributed by atoms with van der Waals surface area (Å²) >= 11 is 0. The predicted molar refractivity (Wildman–Crippen MR) is 93.8 cm³/mol. The van der Waals surface area contributed by atoms with E-state index in [1.165, 1.54) is 47.3 Å². The lowest BCUT2D eigenvalue weighted by molar-refractivity contribution is -0.137. The van der Waals surface area contributed by atoms with Crippen LogP contribution in [0.2, 0.25) is 0 Å². The number of benzene rings is 2. The largest absolute Gasteiger partial charge is 0.437 e. The third-order valence-electron chi connectivity index (χ3n) is 3.77. The molecule has 0 aliphatic carbocycles. The van der Waals surface area contributed by atoms with Crippen molar-refractivity contribution in [1.29, 1.82) is 0 Å². The fourth-order valence-electron chi connectivity index (χ4n) is 2.38. The summed E-state index contributed by atoms with van der Waals surface area (Å²) < 4.78 is 58.5. The van der Waals surface area contributed by atoms with Crippen LogP contribution >= 0.6 is 0 Å². The van der Waals surface area contributed by atoms with Gasteiger partial charge >= 0.3 is 6.18 Å². The minimum atomic E-state index is -4.52. The van der Waals surface area contributed by atoms with Crippen LogP contribution in [0.25, 0.3) is 0 Å². The maximum atomic E-state index is 13.0. The highest BCUT2D eigenvalue weighted by atomic mass is 19.4. The number of alkyl halides is 3. The van der Waals surface area contributed by atoms with E-state index in [9.17, 15) is 22.4 Å². The number of nitrogens with zero attached hydrogens (tertiary/aromatic N) is 2. The zero-order valence-electron chi connectivity index (χ0n) is 14.6. The van der Waals surface area contributed by atoms with Crippen LogP contribution in [-0.4, -0.2) is 15.7 Å². The maximum Gasteiger partial charge on any atom is 0.416 e. The van der Waals surface area contributed by atoms with Gasteiger partial charge < -0.3 is 10.1 Å². The van der Waals surface area contributed by atoms with Gasteiger partial charge in [0, 0.05) is 18.4 Å². The number of carbonyl (C=O) groups is 1. The van der Waals surface area contributed by atoms with Gasteiger partial charge in [-0.05, 0) is 49.4 Å². The van der Waals surface area contributed by atoms with Crippen molar-refractivity contribution in [3.63, 3.8) is 0 Å². The molecular formula is C19H15F4N3O2. The molecule has 0 aliphatic rings. The number of aromatic nitrogens is 2. The molecule has 0 spiro atoms. The van der Waals surface area contributed by atoms with Gasteiger partial charge in [0.2, 0.25) is 0 Å². The Hall–Kier alpha value is -3.36. The summed E-state index contributed by atoms with van der Waals surface area (Å²) in [5.41, 5.74) is -0.499. The van der Waals surface area contributed by atoms with Crippen molar-refractivity contribution in [2.24, 2.45) is 0 Å². The molecule has 3 rings (SSSR count). The fourth-order valence-corrected chi connectivity index (χ4v) is 2.38. The van der Waals surface area contributed by atoms with E-state index in [0.29, 0.717) is 12.2 Å². The number of anilines is 1. The number of rotatable bonds is 5. The smallest absolute Gasteiger partial charge is 0.416 e. The van der Waals surface area contributed by atoms with E-state index in [-0.39, 0.29) is 17.2 Å². The maximum absolute atomic E-state index is 13.0. The highest BCUT2D eigenvalue weighted by Crippen LogP contribution is 2.33. The second kappa shape index (κ2) is 7.71. The quantitative estimate of drug-likeness (QED) is 0.613. The zero-order valence-corrected chi connectivity index (χ0v) is 14.6. The number of nitrogens with one attached hydrogen (secondary N) is 1. The average Bonchev–Trinajstić information content (AvgIpc) is 3.06. The third-order valence-corrected chi connectivity index (χ3v) is 3.77. The number of amides is 1. The molecule has 1 amide bonds. The molecule has 0 saturated carbocycles. The van der Waals surface area contributed by atoms with E-state index in [2.05, 4.69) is 10.4 Å². The molecule has 0 bridgehead atoms. The summed E-state index contributed by atoms with van der Waals surface area (Å²) in [6.45, 7) is 2.20. The normalized spacial score (nSPS) is 11.3. The number of carbonyl (C=O) groups excluding carboxylic acids is 1. The minimum Gasteiger partial charge on any atom is -0.437 e. The van der Waals surface area contributed by atoms with Gasteiger partial charge in [0.25, 0.3) is 11.8 Å². The number of hydrogen-bond donors (Lipinski definition) is 1. The van der Waals surface area contributed by atoms with Crippen molar-refractivity contribution in [3.8, 4) is 11.6 Å². The lowest BCUT2D eigenvalue weighted by atomic mass is 10.2. The van der Waals surface area contributed by atoms with Gasteiger partial charge in [-0.25, -0.2) is 4.39 Å². The second-order valence-corrected chi connectivity index (χ2v) is 5.79. The monoisotopic (exact) mass is 393 g/mol. The second-order valence-electron chi connectivity index (χ2n) is 5.79. The molecule has 0 radical (unpaired) electrons. The first-order valence-corrected chi connectivity index (χ1v) is 8.25. The van der Waals surface area contributed by atoms with Crippen LogP contribution in [0.4, 0.5) is 23.2 Å². The molecule has 0 fully saturated rings. The minimum absolute atomic E-state index is 0.0311. The van der Waals surface area contributed by atoms with E-state index in [0.717, 1.165) is 12.1 Å². The zero-order chi connectivity index (χ0) is 20.3. The number of halogens is 4. The van der Waals surface area contributed by atoms with Crippen LogP contribution in [0, 0.1) is 5.82 Å². The first kappa shape index (κ1) is 19.4. The van der Waals surface area contributed by atoms with Crippen molar-refractivity contribution in [3.05, 3.63) is 71.7 Å². The Morgan fingerprint density at radius 1 is 1.18 bits per heavy atom. The van der Waals surface area contributed by atoms with E-state index in [1.807, 2.05) is 0 Å². The molecular weight excluding hydrogens is 378 g/mol. The first-order valence-electron chi connectivity index (χ1n) is 8.25. The number of aryl methyl sites for hydroxylation is 1. The summed E-state index contributed by atoms with van der Waals surface area (Å²) in [4.78, 5) is 12.5. The Labute approximate surface area is 157 Å². The van der Waals surface area contributed by atoms with Crippen LogP contribution in [0.1, 0.15) is 22.8 Å². The van der Waals surface area contributed by atoms with E-state index in [1.54, 1.807) is 6.92 Å². The van der Waals surface area contributed by atoms with E-state index in [4.69, 9.17) is 4.74 Å². The van der Waals surface area contributed by atoms with Crippen LogP contribution in [0.3, 0.4) is 0 Å². The van der Waals surface area contributed by atoms with Gasteiger partial charge in [-0.3, -0.25) is 9.48 Å². The molecule has 1 N–H and O–H groups in total. The summed E-state index contributed by atoms with van der Waals surface area (Å²) in [5.74, 6) is -1.29. The molecule has 0 atom stereocenters. The molecule has 28 heavy (non-hydrogen) atoms. The Balaban J connectivity index is 1.87. The van der Waals surface area contributed by atoms with Crippen molar-refractivity contribution in [2.45, 2.75) is 19.6 Å². The van der Waals surface area contributed by atoms with Gasteiger partial charge in [0.1, 0.15) is 17.1 Å². The lowest BCUT2D eigenvalue weighted by Gasteiger charge is -2.10. The third kappa shape index (κ3) is 4.48. The SMILES string of the molecule is CCn1cc(C(=O)Nc2ccc(F)cc2)c(Oc2cccc(C(F)(F)F)c2)n1. The van der Waals surface area contributed by atoms with Crippen molar-refractivity contribution in [1.82, 2.24) is 9.78 Å². The molecule has 0 unspecified atom stereocenters. The van der Waals surface area contributed by atoms with Crippen LogP contribution in [-0.2, 0) is 12.7 Å². The van der Waals surface area contributed by atoms with Crippen molar-refractivity contribution >= 4 is 11.6 Å². The summed E-state index contributed by atoms with van der Waals surface area (Å²) in [6.07, 6.45) is -3.10. The molecule has 1 aromatic heterocycles. The average molecular weight is 393 g/mol. The van der Waals surface area contributed by atoms with Gasteiger partial charge in [0.15, 0.2) is 0 Å². The summed E-state index contributed by atoms with van der Waals surface area (Å²) in [7, 11) is 0. The fraction of sp³-hybridized carbons (Fsp3) is 0.158. The van der Waals surface area contributed by atoms with E-state index < -0.39 is 23.5 Å². The highest BCUT2D eigenvalue weighted by molar-refractivity contribution is 6.05. The first-order chi connectivity index (χ1) is 13.3. The molecule has 5 nitrogen and oxygen atoms in total. The summed E-state index contributed by atoms with van der Waals surface area (Å²) in [5, 5.41) is 6.65. The van der Waals surface area contributed by atoms with Gasteiger partial charge in [-0.2, -0.15) is 13.2 Å². The molecule has 2 aromatic carbocycles. The number of ether oxygens (including phenoxy) is 1. The predicted octanol–water partition coefficient (Wildman–Crippen LogP) is 5.11. The Bertz CT molecular complexity index is 982. The summed E-state index contributed by atoms with van der Waals surface area (Å²) in [6, 6.07) is 9.41. The van der Waals surface area contributed by atoms with Gasteiger partial charge in [-0.1, -0.05) is 6.07 Å². The van der Waals surface area contributed by atoms with Crippen LogP contribution in [0.5, 0.6) is 11.6 Å². The van der Waals surface area contributed by atoms with Crippen molar-refractivity contribution in [2.75, 3.05) is 5.32 Å². The molecule has 9 heteroatoms. The molecule has 0 aliphatic heterocycles. The lowest BCUT2D eigenvalue weighted by Crippen LogP contribution is -2.12. The van der Waals surface area contributed by atoms with E-state index >= 15 is 0 Å². The van der Waals surface area contributed by atoms with Gasteiger partial charge in [0.05, 0.1) is 5.56 Å². The highest BCUT2D eigenvalue weighted by Gasteiger charge is 2.31.